The number of aromatic nitrogens is 1. The Hall–Kier alpha value is -2.57. The van der Waals surface area contributed by atoms with Crippen molar-refractivity contribution in [1.29, 1.82) is 0 Å². The highest BCUT2D eigenvalue weighted by molar-refractivity contribution is 7.91. The van der Waals surface area contributed by atoms with E-state index in [1.807, 2.05) is 62.4 Å². The molecule has 6 heteroatoms. The normalized spacial score (nSPS) is 14.2. The van der Waals surface area contributed by atoms with Gasteiger partial charge in [-0.3, -0.25) is 4.79 Å². The van der Waals surface area contributed by atoms with Gasteiger partial charge in [0.15, 0.2) is 11.5 Å². The SMILES string of the molecule is Cc1cccc(-c2nc(C[S+]([O-])CC(=O)N3CCc4ccccc43)c(C)o2)c1. The van der Waals surface area contributed by atoms with Crippen LogP contribution in [0.4, 0.5) is 5.69 Å². The molecule has 1 atom stereocenters. The number of hydrogen-bond donors (Lipinski definition) is 0. The lowest BCUT2D eigenvalue weighted by molar-refractivity contribution is -0.116. The fourth-order valence-electron chi connectivity index (χ4n) is 3.48. The molecule has 2 aromatic carbocycles. The van der Waals surface area contributed by atoms with Gasteiger partial charge in [-0.1, -0.05) is 35.9 Å². The number of anilines is 1. The number of para-hydroxylation sites is 1. The molecule has 1 unspecified atom stereocenters. The Balaban J connectivity index is 1.43. The predicted octanol–water partition coefficient (Wildman–Crippen LogP) is 3.80. The van der Waals surface area contributed by atoms with Crippen molar-refractivity contribution < 1.29 is 13.8 Å². The number of oxazole rings is 1. The monoisotopic (exact) mass is 394 g/mol. The van der Waals surface area contributed by atoms with E-state index in [1.54, 1.807) is 4.90 Å². The molecular formula is C22H22N2O3S. The number of nitrogens with zero attached hydrogens (tertiary/aromatic N) is 2. The lowest BCUT2D eigenvalue weighted by Crippen LogP contribution is -2.34. The van der Waals surface area contributed by atoms with Crippen molar-refractivity contribution in [3.8, 4) is 11.5 Å². The quantitative estimate of drug-likeness (QED) is 0.617. The molecule has 28 heavy (non-hydrogen) atoms. The van der Waals surface area contributed by atoms with Crippen LogP contribution in [-0.4, -0.2) is 27.7 Å². The lowest BCUT2D eigenvalue weighted by atomic mass is 10.1. The average Bonchev–Trinajstić information content (AvgIpc) is 3.26. The van der Waals surface area contributed by atoms with Crippen molar-refractivity contribution in [2.24, 2.45) is 0 Å². The fourth-order valence-corrected chi connectivity index (χ4v) is 4.59. The van der Waals surface area contributed by atoms with Gasteiger partial charge in [-0.15, -0.1) is 0 Å². The van der Waals surface area contributed by atoms with Crippen LogP contribution >= 0.6 is 0 Å². The minimum absolute atomic E-state index is 0.0135. The molecule has 4 rings (SSSR count). The Morgan fingerprint density at radius 3 is 2.86 bits per heavy atom. The summed E-state index contributed by atoms with van der Waals surface area (Å²) >= 11 is -1.35. The largest absolute Gasteiger partial charge is 0.616 e. The third-order valence-electron chi connectivity index (χ3n) is 4.93. The van der Waals surface area contributed by atoms with Gasteiger partial charge >= 0.3 is 0 Å². The van der Waals surface area contributed by atoms with Crippen LogP contribution in [0.15, 0.2) is 52.9 Å². The first kappa shape index (κ1) is 18.8. The molecule has 1 aliphatic heterocycles. The van der Waals surface area contributed by atoms with Crippen LogP contribution < -0.4 is 4.90 Å². The van der Waals surface area contributed by atoms with Gasteiger partial charge in [0.05, 0.1) is 0 Å². The van der Waals surface area contributed by atoms with Crippen molar-refractivity contribution >= 4 is 22.8 Å². The minimum atomic E-state index is -1.35. The highest BCUT2D eigenvalue weighted by Crippen LogP contribution is 2.28. The van der Waals surface area contributed by atoms with Crippen LogP contribution in [0.25, 0.3) is 11.5 Å². The number of rotatable bonds is 5. The Morgan fingerprint density at radius 2 is 2.04 bits per heavy atom. The van der Waals surface area contributed by atoms with Crippen molar-refractivity contribution in [1.82, 2.24) is 4.98 Å². The summed E-state index contributed by atoms with van der Waals surface area (Å²) < 4.78 is 18.4. The second-order valence-corrected chi connectivity index (χ2v) is 8.50. The minimum Gasteiger partial charge on any atom is -0.616 e. The molecule has 0 saturated carbocycles. The van der Waals surface area contributed by atoms with Crippen LogP contribution in [0.2, 0.25) is 0 Å². The zero-order valence-electron chi connectivity index (χ0n) is 16.0. The molecule has 144 valence electrons. The Morgan fingerprint density at radius 1 is 1.21 bits per heavy atom. The third-order valence-corrected chi connectivity index (χ3v) is 6.09. The maximum Gasteiger partial charge on any atom is 0.276 e. The fraction of sp³-hybridized carbons (Fsp3) is 0.273. The van der Waals surface area contributed by atoms with E-state index in [9.17, 15) is 9.35 Å². The molecular weight excluding hydrogens is 372 g/mol. The summed E-state index contributed by atoms with van der Waals surface area (Å²) in [4.78, 5) is 18.9. The Kier molecular flexibility index (Phi) is 5.24. The topological polar surface area (TPSA) is 69.4 Å². The maximum atomic E-state index is 12.6. The van der Waals surface area contributed by atoms with E-state index in [-0.39, 0.29) is 17.4 Å². The second-order valence-electron chi connectivity index (χ2n) is 7.04. The molecule has 0 radical (unpaired) electrons. The summed E-state index contributed by atoms with van der Waals surface area (Å²) in [5, 5.41) is 0. The van der Waals surface area contributed by atoms with Crippen LogP contribution in [0.3, 0.4) is 0 Å². The van der Waals surface area contributed by atoms with Crippen LogP contribution in [-0.2, 0) is 28.1 Å². The third kappa shape index (κ3) is 3.84. The highest BCUT2D eigenvalue weighted by atomic mass is 32.2. The van der Waals surface area contributed by atoms with E-state index in [1.165, 1.54) is 0 Å². The van der Waals surface area contributed by atoms with Crippen LogP contribution in [0, 0.1) is 13.8 Å². The van der Waals surface area contributed by atoms with Gasteiger partial charge in [0.1, 0.15) is 11.5 Å². The standard InChI is InChI=1S/C22H22N2O3S/c1-15-6-5-8-18(12-15)22-23-19(16(2)27-22)13-28(26)14-21(25)24-11-10-17-7-3-4-9-20(17)24/h3-9,12H,10-11,13-14H2,1-2H3. The van der Waals surface area contributed by atoms with Crippen molar-refractivity contribution in [3.63, 3.8) is 0 Å². The summed E-state index contributed by atoms with van der Waals surface area (Å²) in [6, 6.07) is 15.8. The van der Waals surface area contributed by atoms with E-state index in [4.69, 9.17) is 4.42 Å². The number of hydrogen-bond acceptors (Lipinski definition) is 4. The van der Waals surface area contributed by atoms with Gasteiger partial charge in [0, 0.05) is 17.8 Å². The number of aryl methyl sites for hydroxylation is 2. The summed E-state index contributed by atoms with van der Waals surface area (Å²) in [6.45, 7) is 4.48. The first-order valence-corrected chi connectivity index (χ1v) is 10.8. The molecule has 0 N–H and O–H groups in total. The molecule has 5 nitrogen and oxygen atoms in total. The summed E-state index contributed by atoms with van der Waals surface area (Å²) in [5.41, 5.74) is 4.75. The molecule has 0 spiro atoms. The van der Waals surface area contributed by atoms with E-state index in [0.29, 0.717) is 23.9 Å². The first-order valence-electron chi connectivity index (χ1n) is 9.28. The molecule has 1 amide bonds. The number of amides is 1. The molecule has 0 fully saturated rings. The first-order chi connectivity index (χ1) is 13.5. The average molecular weight is 394 g/mol. The number of fused-ring (bicyclic) bond motifs is 1. The molecule has 0 bridgehead atoms. The Labute approximate surface area is 167 Å². The van der Waals surface area contributed by atoms with Crippen LogP contribution in [0.1, 0.15) is 22.6 Å². The smallest absolute Gasteiger partial charge is 0.276 e. The second kappa shape index (κ2) is 7.81. The zero-order valence-corrected chi connectivity index (χ0v) is 16.8. The number of benzene rings is 2. The molecule has 0 saturated heterocycles. The Bertz CT molecular complexity index is 1010. The van der Waals surface area contributed by atoms with Gasteiger partial charge in [0.25, 0.3) is 5.91 Å². The van der Waals surface area contributed by atoms with Gasteiger partial charge in [-0.05, 0) is 55.2 Å². The van der Waals surface area contributed by atoms with E-state index < -0.39 is 11.2 Å². The van der Waals surface area contributed by atoms with E-state index in [2.05, 4.69) is 4.98 Å². The van der Waals surface area contributed by atoms with Crippen molar-refractivity contribution in [3.05, 3.63) is 71.1 Å². The highest BCUT2D eigenvalue weighted by Gasteiger charge is 2.28. The van der Waals surface area contributed by atoms with Gasteiger partial charge in [-0.2, -0.15) is 0 Å². The number of carbonyl (C=O) groups is 1. The molecule has 2 heterocycles. The predicted molar refractivity (Wildman–Crippen MR) is 111 cm³/mol. The molecule has 1 aliphatic rings. The van der Waals surface area contributed by atoms with E-state index >= 15 is 0 Å². The lowest BCUT2D eigenvalue weighted by Gasteiger charge is -2.18. The van der Waals surface area contributed by atoms with Crippen molar-refractivity contribution in [2.75, 3.05) is 17.2 Å². The van der Waals surface area contributed by atoms with Gasteiger partial charge in [0.2, 0.25) is 5.89 Å². The van der Waals surface area contributed by atoms with Crippen LogP contribution in [0.5, 0.6) is 0 Å². The summed E-state index contributed by atoms with van der Waals surface area (Å²) in [5.74, 6) is 1.25. The van der Waals surface area contributed by atoms with Gasteiger partial charge in [-0.25, -0.2) is 4.98 Å². The van der Waals surface area contributed by atoms with Gasteiger partial charge < -0.3 is 13.9 Å². The van der Waals surface area contributed by atoms with E-state index in [0.717, 1.165) is 28.8 Å². The zero-order chi connectivity index (χ0) is 19.7. The maximum absolute atomic E-state index is 12.6. The molecule has 1 aromatic heterocycles. The molecule has 3 aromatic rings. The number of carbonyl (C=O) groups excluding carboxylic acids is 1. The summed E-state index contributed by atoms with van der Waals surface area (Å²) in [7, 11) is 0. The summed E-state index contributed by atoms with van der Waals surface area (Å²) in [6.07, 6.45) is 0.844. The van der Waals surface area contributed by atoms with Crippen molar-refractivity contribution in [2.45, 2.75) is 26.0 Å². The molecule has 0 aliphatic carbocycles.